The Balaban J connectivity index is 2.54. The van der Waals surface area contributed by atoms with E-state index < -0.39 is 0 Å². The number of esters is 1. The molecule has 96 valence electrons. The van der Waals surface area contributed by atoms with Gasteiger partial charge in [0.2, 0.25) is 0 Å². The van der Waals surface area contributed by atoms with E-state index in [2.05, 4.69) is 15.4 Å². The van der Waals surface area contributed by atoms with Gasteiger partial charge in [-0.25, -0.2) is 20.6 Å². The Morgan fingerprint density at radius 2 is 2.22 bits per heavy atom. The number of fused-ring (bicyclic) bond motifs is 1. The molecule has 0 aliphatic carbocycles. The molecule has 0 amide bonds. The van der Waals surface area contributed by atoms with Crippen LogP contribution in [0.2, 0.25) is 0 Å². The summed E-state index contributed by atoms with van der Waals surface area (Å²) in [5, 5.41) is 0.765. The van der Waals surface area contributed by atoms with Gasteiger partial charge < -0.3 is 10.2 Å². The Hall–Kier alpha value is -1.73. The number of hydrogen-bond acceptors (Lipinski definition) is 7. The molecule has 18 heavy (non-hydrogen) atoms. The van der Waals surface area contributed by atoms with Crippen molar-refractivity contribution in [2.24, 2.45) is 5.84 Å². The lowest BCUT2D eigenvalue weighted by atomic mass is 10.2. The number of hydrazine groups is 1. The van der Waals surface area contributed by atoms with E-state index in [9.17, 15) is 4.79 Å². The van der Waals surface area contributed by atoms with Crippen molar-refractivity contribution in [2.75, 3.05) is 5.43 Å². The summed E-state index contributed by atoms with van der Waals surface area (Å²) in [6.45, 7) is 5.46. The van der Waals surface area contributed by atoms with Crippen LogP contribution in [0.15, 0.2) is 6.33 Å². The summed E-state index contributed by atoms with van der Waals surface area (Å²) in [5.74, 6) is 5.57. The van der Waals surface area contributed by atoms with Gasteiger partial charge in [-0.15, -0.1) is 11.3 Å². The van der Waals surface area contributed by atoms with Crippen molar-refractivity contribution in [2.45, 2.75) is 26.9 Å². The summed E-state index contributed by atoms with van der Waals surface area (Å²) in [5.41, 5.74) is 3.29. The van der Waals surface area contributed by atoms with Crippen molar-refractivity contribution < 1.29 is 9.53 Å². The minimum atomic E-state index is -0.339. The monoisotopic (exact) mass is 266 g/mol. The molecule has 3 N–H and O–H groups in total. The van der Waals surface area contributed by atoms with Gasteiger partial charge in [0.05, 0.1) is 11.5 Å². The van der Waals surface area contributed by atoms with E-state index in [1.165, 1.54) is 17.7 Å². The molecule has 0 spiro atoms. The smallest absolute Gasteiger partial charge is 0.348 e. The summed E-state index contributed by atoms with van der Waals surface area (Å²) in [7, 11) is 0. The highest BCUT2D eigenvalue weighted by molar-refractivity contribution is 7.20. The molecule has 0 fully saturated rings. The number of nitrogens with zero attached hydrogens (tertiary/aromatic N) is 2. The molecular weight excluding hydrogens is 252 g/mol. The van der Waals surface area contributed by atoms with Gasteiger partial charge in [0.25, 0.3) is 0 Å². The molecule has 0 aromatic carbocycles. The summed E-state index contributed by atoms with van der Waals surface area (Å²) in [6, 6.07) is 0. The predicted molar refractivity (Wildman–Crippen MR) is 70.5 cm³/mol. The minimum Gasteiger partial charge on any atom is -0.459 e. The van der Waals surface area contributed by atoms with Crippen molar-refractivity contribution in [3.63, 3.8) is 0 Å². The number of nitrogens with two attached hydrogens (primary N) is 1. The molecule has 7 heteroatoms. The third-order valence-electron chi connectivity index (χ3n) is 2.39. The molecule has 0 bridgehead atoms. The quantitative estimate of drug-likeness (QED) is 0.500. The lowest BCUT2D eigenvalue weighted by molar-refractivity contribution is 0.0383. The maximum absolute atomic E-state index is 11.9. The van der Waals surface area contributed by atoms with Crippen LogP contribution in [0.4, 0.5) is 5.82 Å². The number of aryl methyl sites for hydroxylation is 1. The number of aromatic nitrogens is 2. The molecule has 2 heterocycles. The molecule has 2 aromatic rings. The lowest BCUT2D eigenvalue weighted by Crippen LogP contribution is -2.11. The molecular formula is C11H14N4O2S. The molecule has 0 aliphatic rings. The second kappa shape index (κ2) is 4.87. The minimum absolute atomic E-state index is 0.152. The number of carbonyl (C=O) groups excluding carboxylic acids is 1. The average Bonchev–Trinajstić information content (AvgIpc) is 2.66. The van der Waals surface area contributed by atoms with Gasteiger partial charge in [-0.1, -0.05) is 0 Å². The second-order valence-corrected chi connectivity index (χ2v) is 5.06. The molecule has 0 atom stereocenters. The highest BCUT2D eigenvalue weighted by atomic mass is 32.1. The number of anilines is 1. The van der Waals surface area contributed by atoms with E-state index in [1.54, 1.807) is 0 Å². The zero-order valence-electron chi connectivity index (χ0n) is 10.4. The summed E-state index contributed by atoms with van der Waals surface area (Å²) in [4.78, 5) is 21.3. The largest absolute Gasteiger partial charge is 0.459 e. The lowest BCUT2D eigenvalue weighted by Gasteiger charge is -2.06. The molecule has 0 saturated heterocycles. The number of rotatable bonds is 3. The molecule has 2 aromatic heterocycles. The second-order valence-electron chi connectivity index (χ2n) is 4.06. The fourth-order valence-electron chi connectivity index (χ4n) is 1.64. The van der Waals surface area contributed by atoms with Crippen LogP contribution >= 0.6 is 11.3 Å². The fourth-order valence-corrected chi connectivity index (χ4v) is 2.67. The Morgan fingerprint density at radius 3 is 2.83 bits per heavy atom. The van der Waals surface area contributed by atoms with Gasteiger partial charge in [-0.2, -0.15) is 0 Å². The van der Waals surface area contributed by atoms with E-state index in [1.807, 2.05) is 20.8 Å². The Morgan fingerprint density at radius 1 is 1.50 bits per heavy atom. The first-order valence-corrected chi connectivity index (χ1v) is 6.28. The Labute approximate surface area is 108 Å². The zero-order chi connectivity index (χ0) is 13.3. The van der Waals surface area contributed by atoms with Gasteiger partial charge in [0.15, 0.2) is 5.82 Å². The van der Waals surface area contributed by atoms with Crippen molar-refractivity contribution in [1.82, 2.24) is 9.97 Å². The standard InChI is InChI=1S/C11H14N4O2S/c1-5(2)17-11(16)8-6(3)7-9(15-12)13-4-14-10(7)18-8/h4-5H,12H2,1-3H3,(H,13,14,15). The van der Waals surface area contributed by atoms with Crippen LogP contribution in [-0.4, -0.2) is 22.0 Å². The van der Waals surface area contributed by atoms with Crippen LogP contribution in [-0.2, 0) is 4.74 Å². The highest BCUT2D eigenvalue weighted by Gasteiger charge is 2.20. The van der Waals surface area contributed by atoms with Crippen LogP contribution in [0.25, 0.3) is 10.2 Å². The number of hydrogen-bond donors (Lipinski definition) is 2. The van der Waals surface area contributed by atoms with Gasteiger partial charge in [0.1, 0.15) is 16.0 Å². The van der Waals surface area contributed by atoms with E-state index in [-0.39, 0.29) is 12.1 Å². The van der Waals surface area contributed by atoms with Crippen molar-refractivity contribution in [3.05, 3.63) is 16.8 Å². The third kappa shape index (κ3) is 2.14. The van der Waals surface area contributed by atoms with Crippen molar-refractivity contribution >= 4 is 33.3 Å². The van der Waals surface area contributed by atoms with Gasteiger partial charge in [0, 0.05) is 0 Å². The molecule has 6 nitrogen and oxygen atoms in total. The number of nitrogen functional groups attached to an aromatic ring is 1. The van der Waals surface area contributed by atoms with E-state index in [0.29, 0.717) is 15.5 Å². The number of thiophene rings is 1. The Kier molecular flexibility index (Phi) is 3.44. The first kappa shape index (κ1) is 12.7. The summed E-state index contributed by atoms with van der Waals surface area (Å²) < 4.78 is 5.19. The SMILES string of the molecule is Cc1c(C(=O)OC(C)C)sc2ncnc(NN)c12. The number of carbonyl (C=O) groups is 1. The molecule has 0 unspecified atom stereocenters. The zero-order valence-corrected chi connectivity index (χ0v) is 11.2. The summed E-state index contributed by atoms with van der Waals surface area (Å²) >= 11 is 1.28. The molecule has 0 aliphatic heterocycles. The molecule has 0 radical (unpaired) electrons. The highest BCUT2D eigenvalue weighted by Crippen LogP contribution is 2.33. The maximum Gasteiger partial charge on any atom is 0.348 e. The average molecular weight is 266 g/mol. The normalized spacial score (nSPS) is 10.9. The van der Waals surface area contributed by atoms with Gasteiger partial charge in [-0.05, 0) is 26.3 Å². The first-order valence-electron chi connectivity index (χ1n) is 5.46. The van der Waals surface area contributed by atoms with Gasteiger partial charge in [-0.3, -0.25) is 0 Å². The van der Waals surface area contributed by atoms with Crippen molar-refractivity contribution in [3.8, 4) is 0 Å². The first-order chi connectivity index (χ1) is 8.54. The van der Waals surface area contributed by atoms with E-state index in [0.717, 1.165) is 10.9 Å². The summed E-state index contributed by atoms with van der Waals surface area (Å²) in [6.07, 6.45) is 1.26. The topological polar surface area (TPSA) is 90.1 Å². The number of nitrogens with one attached hydrogen (secondary N) is 1. The Bertz CT molecular complexity index is 594. The van der Waals surface area contributed by atoms with Crippen LogP contribution in [0.3, 0.4) is 0 Å². The maximum atomic E-state index is 11.9. The van der Waals surface area contributed by atoms with Crippen LogP contribution in [0.1, 0.15) is 29.1 Å². The molecule has 2 rings (SSSR count). The van der Waals surface area contributed by atoms with Crippen LogP contribution < -0.4 is 11.3 Å². The van der Waals surface area contributed by atoms with Crippen molar-refractivity contribution in [1.29, 1.82) is 0 Å². The van der Waals surface area contributed by atoms with E-state index in [4.69, 9.17) is 10.6 Å². The van der Waals surface area contributed by atoms with E-state index >= 15 is 0 Å². The predicted octanol–water partition coefficient (Wildman–Crippen LogP) is 1.85. The molecule has 0 saturated carbocycles. The van der Waals surface area contributed by atoms with Crippen LogP contribution in [0.5, 0.6) is 0 Å². The third-order valence-corrected chi connectivity index (χ3v) is 3.57. The number of ether oxygens (including phenoxy) is 1. The van der Waals surface area contributed by atoms with Crippen LogP contribution in [0, 0.1) is 6.92 Å². The fraction of sp³-hybridized carbons (Fsp3) is 0.364. The van der Waals surface area contributed by atoms with Gasteiger partial charge >= 0.3 is 5.97 Å².